The monoisotopic (exact) mass is 135 g/mol. The van der Waals surface area contributed by atoms with E-state index in [9.17, 15) is 0 Å². The number of allylic oxidation sites excluding steroid dienone is 2. The van der Waals surface area contributed by atoms with Crippen molar-refractivity contribution in [3.8, 4) is 0 Å². The summed E-state index contributed by atoms with van der Waals surface area (Å²) in [7, 11) is 0. The van der Waals surface area contributed by atoms with Gasteiger partial charge in [-0.3, -0.25) is 5.10 Å². The summed E-state index contributed by atoms with van der Waals surface area (Å²) >= 11 is 0. The molecule has 3 nitrogen and oxygen atoms in total. The number of nitrogens with zero attached hydrogens (tertiary/aromatic N) is 2. The quantitative estimate of drug-likeness (QED) is 0.567. The number of hydrogen-bond donors (Lipinski definition) is 1. The molecule has 52 valence electrons. The van der Waals surface area contributed by atoms with E-state index >= 15 is 0 Å². The van der Waals surface area contributed by atoms with E-state index in [1.165, 1.54) is 0 Å². The van der Waals surface area contributed by atoms with Crippen LogP contribution in [0.3, 0.4) is 0 Å². The minimum atomic E-state index is 0.748. The molecular formula is C7H9N3. The van der Waals surface area contributed by atoms with Gasteiger partial charge in [0.1, 0.15) is 5.35 Å². The maximum absolute atomic E-state index is 3.78. The van der Waals surface area contributed by atoms with E-state index in [-0.39, 0.29) is 0 Å². The number of H-pyrrole nitrogens is 1. The van der Waals surface area contributed by atoms with Crippen molar-refractivity contribution in [1.82, 2.24) is 15.4 Å². The van der Waals surface area contributed by atoms with Gasteiger partial charge in [-0.25, -0.2) is 0 Å². The predicted octanol–water partition coefficient (Wildman–Crippen LogP) is -0.428. The fraction of sp³-hybridized carbons (Fsp3) is 0.143. The van der Waals surface area contributed by atoms with Crippen LogP contribution in [-0.4, -0.2) is 15.4 Å². The van der Waals surface area contributed by atoms with Crippen molar-refractivity contribution in [2.45, 2.75) is 6.92 Å². The highest BCUT2D eigenvalue weighted by atomic mass is 15.3. The van der Waals surface area contributed by atoms with Crippen LogP contribution in [0.1, 0.15) is 6.92 Å². The van der Waals surface area contributed by atoms with E-state index in [0.29, 0.717) is 0 Å². The Bertz CT molecular complexity index is 321. The van der Waals surface area contributed by atoms with E-state index in [4.69, 9.17) is 0 Å². The molecule has 3 heteroatoms. The van der Waals surface area contributed by atoms with E-state index < -0.39 is 0 Å². The van der Waals surface area contributed by atoms with Gasteiger partial charge in [0.25, 0.3) is 0 Å². The molecule has 0 saturated heterocycles. The number of aromatic amines is 1. The minimum Gasteiger partial charge on any atom is -0.258 e. The maximum Gasteiger partial charge on any atom is 0.112 e. The summed E-state index contributed by atoms with van der Waals surface area (Å²) in [6, 6.07) is 0. The SMILES string of the molecule is C=c1[nH]nnc1=CC=CC. The lowest BCUT2D eigenvalue weighted by Crippen LogP contribution is -2.21. The second-order valence-electron chi connectivity index (χ2n) is 1.87. The Kier molecular flexibility index (Phi) is 1.99. The summed E-state index contributed by atoms with van der Waals surface area (Å²) in [5.74, 6) is 0. The van der Waals surface area contributed by atoms with Crippen molar-refractivity contribution >= 4 is 12.7 Å². The van der Waals surface area contributed by atoms with E-state index in [2.05, 4.69) is 22.0 Å². The second kappa shape index (κ2) is 2.96. The molecule has 0 aromatic carbocycles. The maximum atomic E-state index is 3.78. The molecule has 0 amide bonds. The first-order valence-electron chi connectivity index (χ1n) is 3.03. The molecule has 0 unspecified atom stereocenters. The Morgan fingerprint density at radius 1 is 1.60 bits per heavy atom. The lowest BCUT2D eigenvalue weighted by molar-refractivity contribution is 0.926. The summed E-state index contributed by atoms with van der Waals surface area (Å²) in [4.78, 5) is 0. The highest BCUT2D eigenvalue weighted by Gasteiger charge is 1.80. The van der Waals surface area contributed by atoms with Crippen molar-refractivity contribution in [1.29, 1.82) is 0 Å². The van der Waals surface area contributed by atoms with Gasteiger partial charge in [-0.2, -0.15) is 0 Å². The van der Waals surface area contributed by atoms with Gasteiger partial charge in [0.2, 0.25) is 0 Å². The second-order valence-corrected chi connectivity index (χ2v) is 1.87. The van der Waals surface area contributed by atoms with E-state index in [1.54, 1.807) is 0 Å². The molecule has 1 aromatic rings. The largest absolute Gasteiger partial charge is 0.258 e. The lowest BCUT2D eigenvalue weighted by atomic mass is 10.4. The van der Waals surface area contributed by atoms with Crippen LogP contribution in [0.2, 0.25) is 0 Å². The van der Waals surface area contributed by atoms with Gasteiger partial charge in [-0.15, -0.1) is 5.10 Å². The van der Waals surface area contributed by atoms with Crippen LogP contribution in [0.25, 0.3) is 12.7 Å². The van der Waals surface area contributed by atoms with E-state index in [1.807, 2.05) is 25.2 Å². The van der Waals surface area contributed by atoms with Gasteiger partial charge in [0.05, 0.1) is 5.35 Å². The topological polar surface area (TPSA) is 41.6 Å². The standard InChI is InChI=1S/C7H9N3/c1-3-4-5-7-6(2)8-10-9-7/h3-5H,2H2,1H3,(H,8,9). The lowest BCUT2D eigenvalue weighted by Gasteiger charge is -1.68. The Labute approximate surface area is 58.8 Å². The molecular weight excluding hydrogens is 126 g/mol. The molecule has 1 N–H and O–H groups in total. The first kappa shape index (κ1) is 6.74. The van der Waals surface area contributed by atoms with Gasteiger partial charge >= 0.3 is 0 Å². The highest BCUT2D eigenvalue weighted by molar-refractivity contribution is 5.33. The molecule has 10 heavy (non-hydrogen) atoms. The minimum absolute atomic E-state index is 0.748. The molecule has 1 aromatic heterocycles. The first-order chi connectivity index (χ1) is 4.84. The molecule has 0 aliphatic rings. The van der Waals surface area contributed by atoms with Gasteiger partial charge in [0.15, 0.2) is 0 Å². The Morgan fingerprint density at radius 3 is 2.90 bits per heavy atom. The third-order valence-electron chi connectivity index (χ3n) is 1.10. The average molecular weight is 135 g/mol. The number of rotatable bonds is 1. The fourth-order valence-corrected chi connectivity index (χ4v) is 0.578. The van der Waals surface area contributed by atoms with Crippen molar-refractivity contribution in [3.63, 3.8) is 0 Å². The van der Waals surface area contributed by atoms with Crippen LogP contribution in [0, 0.1) is 0 Å². The smallest absolute Gasteiger partial charge is 0.112 e. The van der Waals surface area contributed by atoms with Crippen molar-refractivity contribution in [3.05, 3.63) is 22.9 Å². The van der Waals surface area contributed by atoms with Crippen LogP contribution in [0.15, 0.2) is 12.2 Å². The zero-order valence-corrected chi connectivity index (χ0v) is 5.83. The van der Waals surface area contributed by atoms with Crippen molar-refractivity contribution in [2.75, 3.05) is 0 Å². The number of aromatic nitrogens is 3. The summed E-state index contributed by atoms with van der Waals surface area (Å²) < 4.78 is 0. The fourth-order valence-electron chi connectivity index (χ4n) is 0.578. The predicted molar refractivity (Wildman–Crippen MR) is 40.4 cm³/mol. The molecule has 0 radical (unpaired) electrons. The Hall–Kier alpha value is -1.38. The van der Waals surface area contributed by atoms with Crippen LogP contribution >= 0.6 is 0 Å². The van der Waals surface area contributed by atoms with Crippen LogP contribution in [-0.2, 0) is 0 Å². The first-order valence-corrected chi connectivity index (χ1v) is 3.03. The molecule has 0 aliphatic heterocycles. The van der Waals surface area contributed by atoms with Crippen LogP contribution in [0.4, 0.5) is 0 Å². The van der Waals surface area contributed by atoms with Gasteiger partial charge < -0.3 is 0 Å². The van der Waals surface area contributed by atoms with Gasteiger partial charge in [0, 0.05) is 0 Å². The van der Waals surface area contributed by atoms with Gasteiger partial charge in [-0.05, 0) is 13.0 Å². The summed E-state index contributed by atoms with van der Waals surface area (Å²) in [6.45, 7) is 5.63. The van der Waals surface area contributed by atoms with Gasteiger partial charge in [-0.1, -0.05) is 23.9 Å². The zero-order valence-electron chi connectivity index (χ0n) is 5.83. The number of nitrogens with one attached hydrogen (secondary N) is 1. The van der Waals surface area contributed by atoms with Crippen molar-refractivity contribution in [2.24, 2.45) is 0 Å². The normalized spacial score (nSPS) is 13.1. The molecule has 1 heterocycles. The molecule has 0 aliphatic carbocycles. The molecule has 1 rings (SSSR count). The molecule has 0 bridgehead atoms. The Morgan fingerprint density at radius 2 is 2.40 bits per heavy atom. The number of hydrogen-bond acceptors (Lipinski definition) is 2. The molecule has 0 fully saturated rings. The molecule has 0 spiro atoms. The Balaban J connectivity index is 3.16. The molecule has 0 saturated carbocycles. The zero-order chi connectivity index (χ0) is 7.40. The third-order valence-corrected chi connectivity index (χ3v) is 1.10. The highest BCUT2D eigenvalue weighted by Crippen LogP contribution is 1.67. The van der Waals surface area contributed by atoms with E-state index in [0.717, 1.165) is 10.7 Å². The summed E-state index contributed by atoms with van der Waals surface area (Å²) in [5.41, 5.74) is 0. The van der Waals surface area contributed by atoms with Crippen LogP contribution < -0.4 is 10.7 Å². The average Bonchev–Trinajstić information content (AvgIpc) is 2.31. The summed E-state index contributed by atoms with van der Waals surface area (Å²) in [5, 5.41) is 11.5. The third kappa shape index (κ3) is 1.31. The van der Waals surface area contributed by atoms with Crippen LogP contribution in [0.5, 0.6) is 0 Å². The molecule has 0 atom stereocenters. The van der Waals surface area contributed by atoms with Crippen molar-refractivity contribution < 1.29 is 0 Å². The summed E-state index contributed by atoms with van der Waals surface area (Å²) in [6.07, 6.45) is 5.67.